The molecular formula is C16H22O2. The molecule has 0 aromatic heterocycles. The summed E-state index contributed by atoms with van der Waals surface area (Å²) in [6.07, 6.45) is 3.43. The molecule has 0 bridgehead atoms. The van der Waals surface area contributed by atoms with E-state index < -0.39 is 0 Å². The van der Waals surface area contributed by atoms with Crippen molar-refractivity contribution in [1.82, 2.24) is 0 Å². The van der Waals surface area contributed by atoms with Crippen LogP contribution in [-0.4, -0.2) is 12.4 Å². The van der Waals surface area contributed by atoms with E-state index in [1.165, 1.54) is 6.42 Å². The number of carbonyl (C=O) groups excluding carboxylic acids is 1. The molecule has 2 rings (SSSR count). The number of rotatable bonds is 2. The van der Waals surface area contributed by atoms with E-state index in [4.69, 9.17) is 4.74 Å². The molecule has 18 heavy (non-hydrogen) atoms. The highest BCUT2D eigenvalue weighted by Crippen LogP contribution is 2.32. The van der Waals surface area contributed by atoms with E-state index >= 15 is 0 Å². The normalized spacial score (nSPS) is 20.7. The average Bonchev–Trinajstić information content (AvgIpc) is 2.38. The third kappa shape index (κ3) is 2.81. The Labute approximate surface area is 109 Å². The lowest BCUT2D eigenvalue weighted by atomic mass is 9.83. The zero-order chi connectivity index (χ0) is 13.2. The molecule has 0 aliphatic carbocycles. The highest BCUT2D eigenvalue weighted by molar-refractivity contribution is 6.01. The lowest BCUT2D eigenvalue weighted by Crippen LogP contribution is -2.23. The van der Waals surface area contributed by atoms with Crippen molar-refractivity contribution in [3.8, 4) is 0 Å². The lowest BCUT2D eigenvalue weighted by Gasteiger charge is -2.26. The van der Waals surface area contributed by atoms with E-state index in [2.05, 4.69) is 0 Å². The molecule has 2 nitrogen and oxygen atoms in total. The van der Waals surface area contributed by atoms with Crippen LogP contribution < -0.4 is 0 Å². The van der Waals surface area contributed by atoms with Crippen molar-refractivity contribution in [3.63, 3.8) is 0 Å². The maximum atomic E-state index is 12.5. The molecule has 1 unspecified atom stereocenters. The van der Waals surface area contributed by atoms with Crippen molar-refractivity contribution in [2.45, 2.75) is 46.1 Å². The zero-order valence-electron chi connectivity index (χ0n) is 11.5. The molecule has 1 heterocycles. The van der Waals surface area contributed by atoms with E-state index in [-0.39, 0.29) is 17.3 Å². The molecule has 1 aromatic carbocycles. The molecule has 1 saturated heterocycles. The van der Waals surface area contributed by atoms with Gasteiger partial charge in [-0.1, -0.05) is 45.0 Å². The molecule has 98 valence electrons. The van der Waals surface area contributed by atoms with Gasteiger partial charge in [-0.2, -0.15) is 0 Å². The fourth-order valence-electron chi connectivity index (χ4n) is 2.37. The molecular weight excluding hydrogens is 224 g/mol. The number of benzene rings is 1. The van der Waals surface area contributed by atoms with Gasteiger partial charge in [0.1, 0.15) is 0 Å². The summed E-state index contributed by atoms with van der Waals surface area (Å²) in [5.41, 5.74) is 1.55. The van der Waals surface area contributed by atoms with Crippen molar-refractivity contribution in [2.24, 2.45) is 5.41 Å². The summed E-state index contributed by atoms with van der Waals surface area (Å²) < 4.78 is 5.82. The van der Waals surface area contributed by atoms with Gasteiger partial charge >= 0.3 is 0 Å². The van der Waals surface area contributed by atoms with Crippen LogP contribution in [0.2, 0.25) is 0 Å². The first-order valence-corrected chi connectivity index (χ1v) is 6.75. The second-order valence-corrected chi connectivity index (χ2v) is 6.02. The lowest BCUT2D eigenvalue weighted by molar-refractivity contribution is 0.0142. The van der Waals surface area contributed by atoms with Gasteiger partial charge in [-0.3, -0.25) is 4.79 Å². The standard InChI is InChI=1S/C16H22O2/c1-16(2,3)15(17)13-9-5-4-8-12(13)14-10-6-7-11-18-14/h4-5,8-9,14H,6-7,10-11H2,1-3H3. The SMILES string of the molecule is CC(C)(C)C(=O)c1ccccc1C1CCCCO1. The number of ether oxygens (including phenoxy) is 1. The van der Waals surface area contributed by atoms with Crippen molar-refractivity contribution >= 4 is 5.78 Å². The third-order valence-corrected chi connectivity index (χ3v) is 3.41. The summed E-state index contributed by atoms with van der Waals surface area (Å²) in [4.78, 5) is 12.5. The average molecular weight is 246 g/mol. The highest BCUT2D eigenvalue weighted by atomic mass is 16.5. The Morgan fingerprint density at radius 1 is 1.22 bits per heavy atom. The van der Waals surface area contributed by atoms with Crippen LogP contribution in [0.1, 0.15) is 62.1 Å². The summed E-state index contributed by atoms with van der Waals surface area (Å²) in [6.45, 7) is 6.71. The van der Waals surface area contributed by atoms with E-state index in [0.29, 0.717) is 0 Å². The van der Waals surface area contributed by atoms with Crippen LogP contribution in [0.3, 0.4) is 0 Å². The van der Waals surface area contributed by atoms with Gasteiger partial charge in [0, 0.05) is 17.6 Å². The van der Waals surface area contributed by atoms with Crippen LogP contribution >= 0.6 is 0 Å². The molecule has 1 fully saturated rings. The van der Waals surface area contributed by atoms with Gasteiger partial charge in [0.25, 0.3) is 0 Å². The molecule has 0 radical (unpaired) electrons. The minimum absolute atomic E-state index is 0.0984. The van der Waals surface area contributed by atoms with Crippen LogP contribution in [0.15, 0.2) is 24.3 Å². The maximum Gasteiger partial charge on any atom is 0.168 e. The molecule has 0 spiro atoms. The Morgan fingerprint density at radius 2 is 1.94 bits per heavy atom. The topological polar surface area (TPSA) is 26.3 Å². The van der Waals surface area contributed by atoms with Gasteiger partial charge in [-0.25, -0.2) is 0 Å². The molecule has 1 aromatic rings. The first kappa shape index (κ1) is 13.3. The molecule has 1 aliphatic rings. The molecule has 2 heteroatoms. The first-order chi connectivity index (χ1) is 8.50. The minimum atomic E-state index is -0.342. The largest absolute Gasteiger partial charge is 0.374 e. The van der Waals surface area contributed by atoms with Crippen molar-refractivity contribution in [2.75, 3.05) is 6.61 Å². The second kappa shape index (κ2) is 5.23. The molecule has 0 saturated carbocycles. The van der Waals surface area contributed by atoms with Gasteiger partial charge < -0.3 is 4.74 Å². The Bertz CT molecular complexity index is 423. The predicted molar refractivity (Wildman–Crippen MR) is 72.8 cm³/mol. The summed E-state index contributed by atoms with van der Waals surface area (Å²) in [5.74, 6) is 0.201. The molecule has 1 aliphatic heterocycles. The summed E-state index contributed by atoms with van der Waals surface area (Å²) >= 11 is 0. The third-order valence-electron chi connectivity index (χ3n) is 3.41. The van der Waals surface area contributed by atoms with Crippen molar-refractivity contribution in [1.29, 1.82) is 0 Å². The van der Waals surface area contributed by atoms with Gasteiger partial charge in [0.15, 0.2) is 5.78 Å². The zero-order valence-corrected chi connectivity index (χ0v) is 11.5. The molecule has 0 N–H and O–H groups in total. The number of carbonyl (C=O) groups is 1. The fourth-order valence-corrected chi connectivity index (χ4v) is 2.37. The van der Waals surface area contributed by atoms with Crippen LogP contribution in [0, 0.1) is 5.41 Å². The van der Waals surface area contributed by atoms with E-state index in [1.807, 2.05) is 45.0 Å². The van der Waals surface area contributed by atoms with Crippen LogP contribution in [-0.2, 0) is 4.74 Å². The quantitative estimate of drug-likeness (QED) is 0.732. The van der Waals surface area contributed by atoms with E-state index in [9.17, 15) is 4.79 Å². The van der Waals surface area contributed by atoms with Gasteiger partial charge in [-0.15, -0.1) is 0 Å². The Balaban J connectivity index is 2.33. The molecule has 1 atom stereocenters. The number of hydrogen-bond donors (Lipinski definition) is 0. The smallest absolute Gasteiger partial charge is 0.168 e. The van der Waals surface area contributed by atoms with Crippen molar-refractivity contribution < 1.29 is 9.53 Å². The van der Waals surface area contributed by atoms with Crippen LogP contribution in [0.5, 0.6) is 0 Å². The van der Waals surface area contributed by atoms with Crippen LogP contribution in [0.4, 0.5) is 0 Å². The number of ketones is 1. The van der Waals surface area contributed by atoms with Gasteiger partial charge in [0.05, 0.1) is 6.10 Å². The Morgan fingerprint density at radius 3 is 2.56 bits per heavy atom. The number of Topliss-reactive ketones (excluding diaryl/α,β-unsaturated/α-hetero) is 1. The monoisotopic (exact) mass is 246 g/mol. The molecule has 0 amide bonds. The second-order valence-electron chi connectivity index (χ2n) is 6.02. The fraction of sp³-hybridized carbons (Fsp3) is 0.562. The maximum absolute atomic E-state index is 12.5. The Hall–Kier alpha value is -1.15. The Kier molecular flexibility index (Phi) is 3.86. The van der Waals surface area contributed by atoms with Gasteiger partial charge in [-0.05, 0) is 24.8 Å². The predicted octanol–water partition coefficient (Wildman–Crippen LogP) is 4.16. The van der Waals surface area contributed by atoms with Crippen molar-refractivity contribution in [3.05, 3.63) is 35.4 Å². The summed E-state index contributed by atoms with van der Waals surface area (Å²) in [6, 6.07) is 7.90. The minimum Gasteiger partial charge on any atom is -0.374 e. The van der Waals surface area contributed by atoms with E-state index in [0.717, 1.165) is 30.6 Å². The van der Waals surface area contributed by atoms with Gasteiger partial charge in [0.2, 0.25) is 0 Å². The summed E-state index contributed by atoms with van der Waals surface area (Å²) in [5, 5.41) is 0. The van der Waals surface area contributed by atoms with Crippen LogP contribution in [0.25, 0.3) is 0 Å². The summed E-state index contributed by atoms with van der Waals surface area (Å²) in [7, 11) is 0. The first-order valence-electron chi connectivity index (χ1n) is 6.75. The highest BCUT2D eigenvalue weighted by Gasteiger charge is 2.28. The number of hydrogen-bond acceptors (Lipinski definition) is 2. The van der Waals surface area contributed by atoms with E-state index in [1.54, 1.807) is 0 Å².